The summed E-state index contributed by atoms with van der Waals surface area (Å²) >= 11 is 4.01. The van der Waals surface area contributed by atoms with Gasteiger partial charge in [-0.15, -0.1) is 0 Å². The standard InChI is InChI=1S/ClF2P/c1-4(2)3. The second kappa shape index (κ2) is 1.86. The Morgan fingerprint density at radius 3 is 1.50 bits per heavy atom. The van der Waals surface area contributed by atoms with Crippen LogP contribution in [-0.4, -0.2) is 0 Å². The molecule has 26 valence electrons. The molecular weight excluding hydrogens is 104 g/mol. The maximum atomic E-state index is 10.2. The van der Waals surface area contributed by atoms with Gasteiger partial charge >= 0.3 is 7.90 Å². The molecule has 0 N–H and O–H groups in total. The molecule has 0 aliphatic carbocycles. The van der Waals surface area contributed by atoms with Gasteiger partial charge in [0.2, 0.25) is 0 Å². The highest BCUT2D eigenvalue weighted by Gasteiger charge is 1.87. The molecule has 0 rings (SSSR count). The molecule has 0 saturated heterocycles. The molecule has 0 aromatic carbocycles. The minimum absolute atomic E-state index is 3.15. The van der Waals surface area contributed by atoms with E-state index in [0.29, 0.717) is 0 Å². The molecule has 4 heavy (non-hydrogen) atoms. The Bertz CT molecular complexity index is 10.8. The highest BCUT2D eigenvalue weighted by Crippen LogP contribution is 2.43. The third-order valence-corrected chi connectivity index (χ3v) is 0. The van der Waals surface area contributed by atoms with Gasteiger partial charge in [-0.25, -0.2) is 0 Å². The number of hydrogen-bond donors (Lipinski definition) is 0. The summed E-state index contributed by atoms with van der Waals surface area (Å²) in [6, 6.07) is 0. The Morgan fingerprint density at radius 2 is 1.50 bits per heavy atom. The zero-order valence-electron chi connectivity index (χ0n) is 1.58. The van der Waals surface area contributed by atoms with Gasteiger partial charge in [0, 0.05) is 0 Å². The predicted octanol–water partition coefficient (Wildman–Crippen LogP) is 2.39. The predicted molar refractivity (Wildman–Crippen MR) is 15.0 cm³/mol. The summed E-state index contributed by atoms with van der Waals surface area (Å²) in [6.45, 7) is 0. The first kappa shape index (κ1) is 4.58. The summed E-state index contributed by atoms with van der Waals surface area (Å²) in [6.07, 6.45) is 0. The number of hydrogen-bond acceptors (Lipinski definition) is 0. The summed E-state index contributed by atoms with van der Waals surface area (Å²) in [5.41, 5.74) is 0. The van der Waals surface area contributed by atoms with Gasteiger partial charge in [0.1, 0.15) is 0 Å². The van der Waals surface area contributed by atoms with Crippen LogP contribution in [0.25, 0.3) is 0 Å². The highest BCUT2D eigenvalue weighted by atomic mass is 35.7. The van der Waals surface area contributed by atoms with Gasteiger partial charge in [-0.3, -0.25) is 0 Å². The van der Waals surface area contributed by atoms with Gasteiger partial charge < -0.3 is 0 Å². The van der Waals surface area contributed by atoms with Crippen LogP contribution in [-0.2, 0) is 0 Å². The molecule has 0 heterocycles. The quantitative estimate of drug-likeness (QED) is 0.414. The fraction of sp³-hybridized carbons (Fsp3) is 0. The van der Waals surface area contributed by atoms with Crippen molar-refractivity contribution < 1.29 is 8.39 Å². The summed E-state index contributed by atoms with van der Waals surface area (Å²) < 4.78 is 20.3. The molecule has 4 heteroatoms. The van der Waals surface area contributed by atoms with Crippen molar-refractivity contribution in [2.24, 2.45) is 0 Å². The number of halogens is 3. The van der Waals surface area contributed by atoms with Crippen LogP contribution in [0.1, 0.15) is 0 Å². The van der Waals surface area contributed by atoms with Crippen molar-refractivity contribution in [1.82, 2.24) is 0 Å². The Morgan fingerprint density at radius 1 is 1.50 bits per heavy atom. The van der Waals surface area contributed by atoms with Crippen molar-refractivity contribution in [2.75, 3.05) is 0 Å². The van der Waals surface area contributed by atoms with E-state index in [1.54, 1.807) is 0 Å². The Hall–Kier alpha value is 0.580. The summed E-state index contributed by atoms with van der Waals surface area (Å²) in [5, 5.41) is 0. The first-order chi connectivity index (χ1) is 1.73. The van der Waals surface area contributed by atoms with Gasteiger partial charge in [0.05, 0.1) is 0 Å². The zero-order chi connectivity index (χ0) is 3.58. The second-order valence-corrected chi connectivity index (χ2v) is 1.34. The van der Waals surface area contributed by atoms with Crippen LogP contribution in [0, 0.1) is 0 Å². The Balaban J connectivity index is 2.32. The molecule has 0 aliphatic rings. The third-order valence-electron chi connectivity index (χ3n) is 0. The van der Waals surface area contributed by atoms with E-state index in [-0.39, 0.29) is 0 Å². The molecule has 0 radical (unpaired) electrons. The SMILES string of the molecule is FP(F)Cl. The number of rotatable bonds is 0. The van der Waals surface area contributed by atoms with Gasteiger partial charge in [-0.1, -0.05) is 0 Å². The van der Waals surface area contributed by atoms with Crippen LogP contribution in [0.4, 0.5) is 8.39 Å². The molecule has 0 unspecified atom stereocenters. The van der Waals surface area contributed by atoms with Crippen molar-refractivity contribution in [3.8, 4) is 0 Å². The van der Waals surface area contributed by atoms with Gasteiger partial charge in [0.25, 0.3) is 0 Å². The minimum atomic E-state index is -3.15. The van der Waals surface area contributed by atoms with Crippen molar-refractivity contribution in [3.05, 3.63) is 0 Å². The molecule has 0 bridgehead atoms. The van der Waals surface area contributed by atoms with E-state index >= 15 is 0 Å². The summed E-state index contributed by atoms with van der Waals surface area (Å²) in [7, 11) is -3.15. The lowest BCUT2D eigenvalue weighted by molar-refractivity contribution is 0.773. The van der Waals surface area contributed by atoms with E-state index in [1.807, 2.05) is 0 Å². The van der Waals surface area contributed by atoms with E-state index < -0.39 is 7.90 Å². The minimum Gasteiger partial charge on any atom is -0.170 e. The van der Waals surface area contributed by atoms with Crippen LogP contribution in [0.2, 0.25) is 0 Å². The molecule has 0 fully saturated rings. The first-order valence-electron chi connectivity index (χ1n) is 0.507. The van der Waals surface area contributed by atoms with E-state index in [1.165, 1.54) is 0 Å². The van der Waals surface area contributed by atoms with Crippen LogP contribution in [0.15, 0.2) is 0 Å². The lowest BCUT2D eigenvalue weighted by Crippen LogP contribution is -1.06. The van der Waals surface area contributed by atoms with E-state index in [2.05, 4.69) is 11.2 Å². The largest absolute Gasteiger partial charge is 0.363 e. The average Bonchev–Trinajstić information content (AvgIpc) is 0.811. The average molecular weight is 104 g/mol. The molecule has 0 saturated carbocycles. The fourth-order valence-electron chi connectivity index (χ4n) is 0. The topological polar surface area (TPSA) is 0 Å². The van der Waals surface area contributed by atoms with Crippen LogP contribution in [0.3, 0.4) is 0 Å². The maximum absolute atomic E-state index is 10.2. The van der Waals surface area contributed by atoms with E-state index in [0.717, 1.165) is 0 Å². The molecule has 0 aromatic rings. The van der Waals surface area contributed by atoms with Crippen molar-refractivity contribution in [1.29, 1.82) is 0 Å². The smallest absolute Gasteiger partial charge is 0.170 e. The van der Waals surface area contributed by atoms with Crippen molar-refractivity contribution in [2.45, 2.75) is 0 Å². The van der Waals surface area contributed by atoms with Gasteiger partial charge in [0.15, 0.2) is 0 Å². The molecular formula is ClF2P. The highest BCUT2D eigenvalue weighted by molar-refractivity contribution is 7.75. The fourth-order valence-corrected chi connectivity index (χ4v) is 0. The van der Waals surface area contributed by atoms with Crippen LogP contribution in [0.5, 0.6) is 0 Å². The molecule has 0 amide bonds. The third kappa shape index (κ3) is 19.1. The van der Waals surface area contributed by atoms with Crippen molar-refractivity contribution in [3.63, 3.8) is 0 Å². The second-order valence-electron chi connectivity index (χ2n) is 0.192. The lowest BCUT2D eigenvalue weighted by atomic mass is 18.8. The van der Waals surface area contributed by atoms with Crippen LogP contribution >= 0.6 is 19.1 Å². The van der Waals surface area contributed by atoms with Crippen LogP contribution < -0.4 is 0 Å². The Labute approximate surface area is 28.5 Å². The van der Waals surface area contributed by atoms with E-state index in [4.69, 9.17) is 0 Å². The summed E-state index contributed by atoms with van der Waals surface area (Å²) in [4.78, 5) is 0. The molecule has 0 nitrogen and oxygen atoms in total. The molecule has 0 aromatic heterocycles. The normalized spacial score (nSPS) is 9.00. The van der Waals surface area contributed by atoms with E-state index in [9.17, 15) is 8.39 Å². The maximum Gasteiger partial charge on any atom is 0.363 e. The lowest BCUT2D eigenvalue weighted by Gasteiger charge is -1.63. The van der Waals surface area contributed by atoms with Gasteiger partial charge in [-0.2, -0.15) is 8.39 Å². The molecule has 0 spiro atoms. The van der Waals surface area contributed by atoms with Gasteiger partial charge in [-0.05, 0) is 11.2 Å². The summed E-state index contributed by atoms with van der Waals surface area (Å²) in [5.74, 6) is 0. The monoisotopic (exact) mass is 104 g/mol. The van der Waals surface area contributed by atoms with Crippen molar-refractivity contribution >= 4 is 19.1 Å². The molecule has 0 atom stereocenters. The first-order valence-corrected chi connectivity index (χ1v) is 2.54. The zero-order valence-corrected chi connectivity index (χ0v) is 3.23. The Kier molecular flexibility index (Phi) is 2.13. The molecule has 0 aliphatic heterocycles.